The third-order valence-corrected chi connectivity index (χ3v) is 3.35. The number of carboxylic acid groups (broad SMARTS) is 1. The molecule has 1 rings (SSSR count). The first-order valence-corrected chi connectivity index (χ1v) is 6.33. The number of amides is 1. The zero-order chi connectivity index (χ0) is 16.2. The van der Waals surface area contributed by atoms with E-state index in [2.05, 4.69) is 10.4 Å². The van der Waals surface area contributed by atoms with Gasteiger partial charge in [0.05, 0.1) is 16.9 Å². The van der Waals surface area contributed by atoms with E-state index in [1.54, 1.807) is 6.92 Å². The van der Waals surface area contributed by atoms with E-state index in [-0.39, 0.29) is 24.6 Å². The maximum atomic E-state index is 12.0. The Morgan fingerprint density at radius 2 is 2.19 bits per heavy atom. The van der Waals surface area contributed by atoms with E-state index in [0.717, 1.165) is 17.1 Å². The van der Waals surface area contributed by atoms with E-state index in [1.807, 2.05) is 13.8 Å². The lowest BCUT2D eigenvalue weighted by atomic mass is 9.85. The highest BCUT2D eigenvalue weighted by molar-refractivity contribution is 5.78. The molecule has 1 amide bonds. The van der Waals surface area contributed by atoms with Crippen molar-refractivity contribution in [3.05, 3.63) is 22.5 Å². The van der Waals surface area contributed by atoms with Crippen LogP contribution in [0.2, 0.25) is 0 Å². The molecule has 9 nitrogen and oxygen atoms in total. The number of nitro groups is 1. The predicted molar refractivity (Wildman–Crippen MR) is 72.5 cm³/mol. The lowest BCUT2D eigenvalue weighted by Gasteiger charge is -2.33. The van der Waals surface area contributed by atoms with Crippen molar-refractivity contribution in [3.8, 4) is 0 Å². The first kappa shape index (κ1) is 16.6. The molecule has 0 aromatic carbocycles. The molecule has 1 aromatic heterocycles. The fourth-order valence-electron chi connectivity index (χ4n) is 1.75. The van der Waals surface area contributed by atoms with Crippen LogP contribution in [0.15, 0.2) is 12.4 Å². The monoisotopic (exact) mass is 298 g/mol. The molecular formula is C12H18N4O5. The van der Waals surface area contributed by atoms with Gasteiger partial charge in [0.1, 0.15) is 18.9 Å². The van der Waals surface area contributed by atoms with E-state index in [0.29, 0.717) is 0 Å². The van der Waals surface area contributed by atoms with Crippen molar-refractivity contribution in [1.82, 2.24) is 15.1 Å². The average Bonchev–Trinajstić information content (AvgIpc) is 2.75. The van der Waals surface area contributed by atoms with Crippen molar-refractivity contribution in [1.29, 1.82) is 0 Å². The summed E-state index contributed by atoms with van der Waals surface area (Å²) >= 11 is 0. The van der Waals surface area contributed by atoms with Gasteiger partial charge in [0, 0.05) is 0 Å². The zero-order valence-electron chi connectivity index (χ0n) is 12.1. The lowest BCUT2D eigenvalue weighted by Crippen LogP contribution is -2.52. The molecule has 9 heteroatoms. The van der Waals surface area contributed by atoms with Gasteiger partial charge in [-0.15, -0.1) is 0 Å². The highest BCUT2D eigenvalue weighted by atomic mass is 16.6. The molecular weight excluding hydrogens is 280 g/mol. The Morgan fingerprint density at radius 3 is 2.62 bits per heavy atom. The van der Waals surface area contributed by atoms with Crippen molar-refractivity contribution in [2.45, 2.75) is 39.3 Å². The minimum Gasteiger partial charge on any atom is -0.481 e. The average molecular weight is 298 g/mol. The van der Waals surface area contributed by atoms with Crippen molar-refractivity contribution in [2.24, 2.45) is 5.92 Å². The normalized spacial score (nSPS) is 13.7. The van der Waals surface area contributed by atoms with E-state index in [4.69, 9.17) is 5.11 Å². The molecule has 1 atom stereocenters. The third kappa shape index (κ3) is 4.55. The van der Waals surface area contributed by atoms with E-state index >= 15 is 0 Å². The molecule has 2 N–H and O–H groups in total. The number of aromatic nitrogens is 2. The number of aliphatic carboxylic acids is 1. The number of hydrogen-bond donors (Lipinski definition) is 2. The van der Waals surface area contributed by atoms with Crippen LogP contribution >= 0.6 is 0 Å². The zero-order valence-corrected chi connectivity index (χ0v) is 12.1. The third-order valence-electron chi connectivity index (χ3n) is 3.35. The summed E-state index contributed by atoms with van der Waals surface area (Å²) in [6, 6.07) is 0. The Balaban J connectivity index is 2.73. The summed E-state index contributed by atoms with van der Waals surface area (Å²) in [6.07, 6.45) is 1.98. The summed E-state index contributed by atoms with van der Waals surface area (Å²) in [7, 11) is 0. The smallest absolute Gasteiger partial charge is 0.307 e. The van der Waals surface area contributed by atoms with Gasteiger partial charge in [-0.25, -0.2) is 0 Å². The molecule has 0 saturated heterocycles. The molecule has 1 heterocycles. The minimum absolute atomic E-state index is 0.0930. The number of carbonyl (C=O) groups excluding carboxylic acids is 1. The van der Waals surface area contributed by atoms with Gasteiger partial charge >= 0.3 is 11.7 Å². The molecule has 0 bridgehead atoms. The van der Waals surface area contributed by atoms with Crippen molar-refractivity contribution < 1.29 is 19.6 Å². The van der Waals surface area contributed by atoms with Gasteiger partial charge in [0.25, 0.3) is 0 Å². The van der Waals surface area contributed by atoms with Gasteiger partial charge in [-0.2, -0.15) is 5.10 Å². The van der Waals surface area contributed by atoms with Crippen LogP contribution in [-0.4, -0.2) is 37.2 Å². The first-order chi connectivity index (χ1) is 9.64. The Kier molecular flexibility index (Phi) is 5.01. The molecule has 0 aliphatic heterocycles. The van der Waals surface area contributed by atoms with E-state index in [1.165, 1.54) is 0 Å². The minimum atomic E-state index is -1.01. The molecule has 21 heavy (non-hydrogen) atoms. The Labute approximate surface area is 121 Å². The van der Waals surface area contributed by atoms with Gasteiger partial charge in [-0.1, -0.05) is 13.8 Å². The second kappa shape index (κ2) is 6.33. The fraction of sp³-hybridized carbons (Fsp3) is 0.583. The largest absolute Gasteiger partial charge is 0.481 e. The molecule has 116 valence electrons. The summed E-state index contributed by atoms with van der Waals surface area (Å²) in [5, 5.41) is 25.8. The molecule has 0 saturated carbocycles. The lowest BCUT2D eigenvalue weighted by molar-refractivity contribution is -0.385. The second-order valence-electron chi connectivity index (χ2n) is 5.34. The molecule has 0 radical (unpaired) electrons. The fourth-order valence-corrected chi connectivity index (χ4v) is 1.75. The molecule has 0 aliphatic carbocycles. The summed E-state index contributed by atoms with van der Waals surface area (Å²) in [5.74, 6) is -1.56. The summed E-state index contributed by atoms with van der Waals surface area (Å²) < 4.78 is 1.13. The van der Waals surface area contributed by atoms with Crippen LogP contribution in [0.4, 0.5) is 5.69 Å². The standard InChI is InChI=1S/C12H18N4O5/c1-8(2)12(3,4-11(18)19)14-10(17)7-15-6-9(5-13-15)16(20)21/h5-6,8H,4,7H2,1-3H3,(H,14,17)(H,18,19). The Hall–Kier alpha value is -2.45. The Morgan fingerprint density at radius 1 is 1.57 bits per heavy atom. The first-order valence-electron chi connectivity index (χ1n) is 6.33. The molecule has 1 unspecified atom stereocenters. The SMILES string of the molecule is CC(C)C(C)(CC(=O)O)NC(=O)Cn1cc([N+](=O)[O-])cn1. The van der Waals surface area contributed by atoms with Crippen LogP contribution in [0, 0.1) is 16.0 Å². The topological polar surface area (TPSA) is 127 Å². The molecule has 0 aliphatic rings. The number of nitrogens with zero attached hydrogens (tertiary/aromatic N) is 3. The number of carboxylic acids is 1. The van der Waals surface area contributed by atoms with Gasteiger partial charge in [-0.3, -0.25) is 24.4 Å². The summed E-state index contributed by atoms with van der Waals surface area (Å²) in [6.45, 7) is 5.05. The molecule has 0 spiro atoms. The van der Waals surface area contributed by atoms with Crippen molar-refractivity contribution >= 4 is 17.6 Å². The van der Waals surface area contributed by atoms with Gasteiger partial charge in [0.2, 0.25) is 5.91 Å². The van der Waals surface area contributed by atoms with E-state index in [9.17, 15) is 19.7 Å². The van der Waals surface area contributed by atoms with Crippen LogP contribution in [0.1, 0.15) is 27.2 Å². The van der Waals surface area contributed by atoms with Crippen LogP contribution in [0.5, 0.6) is 0 Å². The van der Waals surface area contributed by atoms with Gasteiger partial charge in [0.15, 0.2) is 0 Å². The highest BCUT2D eigenvalue weighted by Crippen LogP contribution is 2.20. The van der Waals surface area contributed by atoms with Gasteiger partial charge in [-0.05, 0) is 12.8 Å². The summed E-state index contributed by atoms with van der Waals surface area (Å²) in [4.78, 5) is 32.8. The van der Waals surface area contributed by atoms with Crippen LogP contribution < -0.4 is 5.32 Å². The number of rotatable bonds is 7. The quantitative estimate of drug-likeness (QED) is 0.566. The van der Waals surface area contributed by atoms with Crippen molar-refractivity contribution in [2.75, 3.05) is 0 Å². The van der Waals surface area contributed by atoms with Crippen LogP contribution in [-0.2, 0) is 16.1 Å². The highest BCUT2D eigenvalue weighted by Gasteiger charge is 2.32. The van der Waals surface area contributed by atoms with Crippen LogP contribution in [0.3, 0.4) is 0 Å². The summed E-state index contributed by atoms with van der Waals surface area (Å²) in [5.41, 5.74) is -1.11. The number of nitrogens with one attached hydrogen (secondary N) is 1. The molecule has 0 fully saturated rings. The van der Waals surface area contributed by atoms with Crippen molar-refractivity contribution in [3.63, 3.8) is 0 Å². The maximum absolute atomic E-state index is 12.0. The molecule has 1 aromatic rings. The van der Waals surface area contributed by atoms with E-state index < -0.39 is 22.3 Å². The predicted octanol–water partition coefficient (Wildman–Crippen LogP) is 0.797. The van der Waals surface area contributed by atoms with Crippen LogP contribution in [0.25, 0.3) is 0 Å². The number of carbonyl (C=O) groups is 2. The second-order valence-corrected chi connectivity index (χ2v) is 5.34. The maximum Gasteiger partial charge on any atom is 0.307 e. The number of hydrogen-bond acceptors (Lipinski definition) is 5. The van der Waals surface area contributed by atoms with Gasteiger partial charge < -0.3 is 10.4 Å². The Bertz CT molecular complexity index is 554.